The highest BCUT2D eigenvalue weighted by Crippen LogP contribution is 2.21. The van der Waals surface area contributed by atoms with E-state index < -0.39 is 10.2 Å². The molecule has 0 saturated carbocycles. The maximum atomic E-state index is 12.8. The summed E-state index contributed by atoms with van der Waals surface area (Å²) in [6.45, 7) is 6.05. The summed E-state index contributed by atoms with van der Waals surface area (Å²) in [5.41, 5.74) is 0. The van der Waals surface area contributed by atoms with Gasteiger partial charge in [-0.25, -0.2) is 0 Å². The van der Waals surface area contributed by atoms with Crippen LogP contribution < -0.4 is 0 Å². The number of alkyl halides is 1. The lowest BCUT2D eigenvalue weighted by Crippen LogP contribution is -2.49. The second-order valence-electron chi connectivity index (χ2n) is 5.09. The molecule has 1 aliphatic heterocycles. The van der Waals surface area contributed by atoms with Gasteiger partial charge in [0, 0.05) is 31.0 Å². The molecule has 4 nitrogen and oxygen atoms in total. The molecule has 1 fully saturated rings. The average Bonchev–Trinajstić information content (AvgIpc) is 2.68. The molecule has 0 bridgehead atoms. The molecular weight excluding hydrogens is 328 g/mol. The number of hydrogen-bond donors (Lipinski definition) is 0. The zero-order valence-electron chi connectivity index (χ0n) is 12.1. The highest BCUT2D eigenvalue weighted by molar-refractivity contribution is 9.09. The first kappa shape index (κ1) is 17.4. The number of halogens is 1. The summed E-state index contributed by atoms with van der Waals surface area (Å²) >= 11 is 3.38. The topological polar surface area (TPSA) is 40.6 Å². The van der Waals surface area contributed by atoms with Crippen molar-refractivity contribution in [2.24, 2.45) is 0 Å². The van der Waals surface area contributed by atoms with Crippen LogP contribution in [0.5, 0.6) is 0 Å². The third kappa shape index (κ3) is 4.69. The van der Waals surface area contributed by atoms with E-state index in [0.717, 1.165) is 38.5 Å². The Balaban J connectivity index is 2.90. The first-order chi connectivity index (χ1) is 9.07. The van der Waals surface area contributed by atoms with Gasteiger partial charge in [-0.2, -0.15) is 17.0 Å². The van der Waals surface area contributed by atoms with E-state index in [4.69, 9.17) is 0 Å². The molecule has 19 heavy (non-hydrogen) atoms. The molecule has 0 radical (unpaired) electrons. The molecule has 0 spiro atoms. The van der Waals surface area contributed by atoms with Crippen molar-refractivity contribution < 1.29 is 8.42 Å². The SMILES string of the molecule is CCC(CC)N(CCBr)S(=O)(=O)N1CCCCCC1. The second kappa shape index (κ2) is 8.60. The van der Waals surface area contributed by atoms with E-state index in [9.17, 15) is 8.42 Å². The first-order valence-electron chi connectivity index (χ1n) is 7.40. The van der Waals surface area contributed by atoms with E-state index in [-0.39, 0.29) is 6.04 Å². The Bertz CT molecular complexity index is 337. The minimum atomic E-state index is -3.30. The van der Waals surface area contributed by atoms with Gasteiger partial charge in [-0.1, -0.05) is 42.6 Å². The van der Waals surface area contributed by atoms with Crippen molar-refractivity contribution >= 4 is 26.1 Å². The summed E-state index contributed by atoms with van der Waals surface area (Å²) in [5, 5.41) is 0.691. The van der Waals surface area contributed by atoms with Gasteiger partial charge in [0.15, 0.2) is 0 Å². The van der Waals surface area contributed by atoms with Gasteiger partial charge in [-0.05, 0) is 25.7 Å². The van der Waals surface area contributed by atoms with Crippen LogP contribution in [0.3, 0.4) is 0 Å². The molecule has 0 aromatic heterocycles. The Morgan fingerprint density at radius 3 is 2.05 bits per heavy atom. The molecule has 1 heterocycles. The Morgan fingerprint density at radius 2 is 1.63 bits per heavy atom. The Hall–Kier alpha value is 0.350. The zero-order valence-corrected chi connectivity index (χ0v) is 14.5. The van der Waals surface area contributed by atoms with Crippen LogP contribution in [-0.4, -0.2) is 48.0 Å². The third-order valence-corrected chi connectivity index (χ3v) is 6.29. The monoisotopic (exact) mass is 354 g/mol. The molecule has 0 aromatic rings. The van der Waals surface area contributed by atoms with Crippen LogP contribution in [0.4, 0.5) is 0 Å². The van der Waals surface area contributed by atoms with E-state index >= 15 is 0 Å². The lowest BCUT2D eigenvalue weighted by Gasteiger charge is -2.33. The van der Waals surface area contributed by atoms with Crippen molar-refractivity contribution in [3.63, 3.8) is 0 Å². The lowest BCUT2D eigenvalue weighted by atomic mass is 10.2. The fourth-order valence-corrected chi connectivity index (χ4v) is 5.32. The third-order valence-electron chi connectivity index (χ3n) is 3.84. The molecule has 0 unspecified atom stereocenters. The van der Waals surface area contributed by atoms with Crippen LogP contribution >= 0.6 is 15.9 Å². The van der Waals surface area contributed by atoms with Crippen LogP contribution in [0.2, 0.25) is 0 Å². The largest absolute Gasteiger partial charge is 0.282 e. The highest BCUT2D eigenvalue weighted by atomic mass is 79.9. The van der Waals surface area contributed by atoms with Crippen LogP contribution in [0, 0.1) is 0 Å². The standard InChI is InChI=1S/C13H27BrN2O2S/c1-3-13(4-2)16(12-9-14)19(17,18)15-10-7-5-6-8-11-15/h13H,3-12H2,1-2H3. The first-order valence-corrected chi connectivity index (χ1v) is 9.92. The second-order valence-corrected chi connectivity index (χ2v) is 7.77. The molecule has 114 valence electrons. The van der Waals surface area contributed by atoms with Crippen LogP contribution in [-0.2, 0) is 10.2 Å². The normalized spacial score (nSPS) is 19.0. The number of hydrogen-bond acceptors (Lipinski definition) is 2. The predicted octanol–water partition coefficient (Wildman–Crippen LogP) is 2.99. The van der Waals surface area contributed by atoms with Crippen molar-refractivity contribution in [2.75, 3.05) is 25.0 Å². The predicted molar refractivity (Wildman–Crippen MR) is 83.8 cm³/mol. The van der Waals surface area contributed by atoms with Crippen LogP contribution in [0.15, 0.2) is 0 Å². The van der Waals surface area contributed by atoms with Gasteiger partial charge in [0.2, 0.25) is 0 Å². The lowest BCUT2D eigenvalue weighted by molar-refractivity contribution is 0.282. The molecular formula is C13H27BrN2O2S. The van der Waals surface area contributed by atoms with Gasteiger partial charge < -0.3 is 0 Å². The van der Waals surface area contributed by atoms with E-state index in [0.29, 0.717) is 25.0 Å². The van der Waals surface area contributed by atoms with Crippen LogP contribution in [0.1, 0.15) is 52.4 Å². The zero-order chi connectivity index (χ0) is 14.3. The van der Waals surface area contributed by atoms with Crippen molar-refractivity contribution in [1.82, 2.24) is 8.61 Å². The molecule has 0 amide bonds. The van der Waals surface area contributed by atoms with Crippen LogP contribution in [0.25, 0.3) is 0 Å². The quantitative estimate of drug-likeness (QED) is 0.659. The fraction of sp³-hybridized carbons (Fsp3) is 1.00. The number of rotatable bonds is 7. The fourth-order valence-electron chi connectivity index (χ4n) is 2.69. The maximum Gasteiger partial charge on any atom is 0.282 e. The molecule has 0 N–H and O–H groups in total. The van der Waals surface area contributed by atoms with Crippen molar-refractivity contribution in [1.29, 1.82) is 0 Å². The summed E-state index contributed by atoms with van der Waals surface area (Å²) in [6.07, 6.45) is 6.02. The highest BCUT2D eigenvalue weighted by Gasteiger charge is 2.33. The van der Waals surface area contributed by atoms with E-state index in [1.54, 1.807) is 8.61 Å². The molecule has 1 saturated heterocycles. The molecule has 0 atom stereocenters. The summed E-state index contributed by atoms with van der Waals surface area (Å²) in [4.78, 5) is 0. The molecule has 6 heteroatoms. The van der Waals surface area contributed by atoms with Crippen molar-refractivity contribution in [2.45, 2.75) is 58.4 Å². The van der Waals surface area contributed by atoms with Gasteiger partial charge >= 0.3 is 0 Å². The molecule has 1 aliphatic rings. The minimum Gasteiger partial charge on any atom is -0.195 e. The molecule has 1 rings (SSSR count). The summed E-state index contributed by atoms with van der Waals surface area (Å²) in [5.74, 6) is 0. The van der Waals surface area contributed by atoms with Gasteiger partial charge in [0.25, 0.3) is 10.2 Å². The van der Waals surface area contributed by atoms with Crippen molar-refractivity contribution in [3.8, 4) is 0 Å². The minimum absolute atomic E-state index is 0.116. The van der Waals surface area contributed by atoms with E-state index in [1.807, 2.05) is 0 Å². The molecule has 0 aliphatic carbocycles. The average molecular weight is 355 g/mol. The van der Waals surface area contributed by atoms with Gasteiger partial charge in [-0.15, -0.1) is 0 Å². The Labute approximate surface area is 126 Å². The number of nitrogens with zero attached hydrogens (tertiary/aromatic N) is 2. The Kier molecular flexibility index (Phi) is 7.87. The summed E-state index contributed by atoms with van der Waals surface area (Å²) in [6, 6.07) is 0.116. The van der Waals surface area contributed by atoms with Gasteiger partial charge in [-0.3, -0.25) is 0 Å². The van der Waals surface area contributed by atoms with Gasteiger partial charge in [0.05, 0.1) is 0 Å². The van der Waals surface area contributed by atoms with E-state index in [1.165, 1.54) is 0 Å². The summed E-state index contributed by atoms with van der Waals surface area (Å²) in [7, 11) is -3.30. The van der Waals surface area contributed by atoms with Gasteiger partial charge in [0.1, 0.15) is 0 Å². The van der Waals surface area contributed by atoms with Crippen molar-refractivity contribution in [3.05, 3.63) is 0 Å². The smallest absolute Gasteiger partial charge is 0.195 e. The Morgan fingerprint density at radius 1 is 1.11 bits per heavy atom. The summed E-state index contributed by atoms with van der Waals surface area (Å²) < 4.78 is 29.0. The molecule has 0 aromatic carbocycles. The van der Waals surface area contributed by atoms with E-state index in [2.05, 4.69) is 29.8 Å². The maximum absolute atomic E-state index is 12.8.